The Bertz CT molecular complexity index is 367. The molecule has 0 radical (unpaired) electrons. The van der Waals surface area contributed by atoms with Gasteiger partial charge < -0.3 is 10.6 Å². The van der Waals surface area contributed by atoms with Gasteiger partial charge in [-0.25, -0.2) is 0 Å². The van der Waals surface area contributed by atoms with Crippen LogP contribution in [0.25, 0.3) is 0 Å². The third-order valence-corrected chi connectivity index (χ3v) is 3.73. The molecule has 2 nitrogen and oxygen atoms in total. The molecule has 0 aliphatic carbocycles. The van der Waals surface area contributed by atoms with Gasteiger partial charge in [0.2, 0.25) is 0 Å². The standard InChI is InChI=1S/C15H24N2/c1-11-4-5-12(2)15(10-11)13(3)17-14-6-8-16-9-7-14/h4-5,10,13-14,16-17H,6-9H2,1-3H3. The first kappa shape index (κ1) is 12.6. The van der Waals surface area contributed by atoms with Gasteiger partial charge in [-0.2, -0.15) is 0 Å². The number of hydrogen-bond acceptors (Lipinski definition) is 2. The van der Waals surface area contributed by atoms with Crippen LogP contribution in [-0.4, -0.2) is 19.1 Å². The average Bonchev–Trinajstić information content (AvgIpc) is 2.33. The summed E-state index contributed by atoms with van der Waals surface area (Å²) in [6.45, 7) is 8.95. The highest BCUT2D eigenvalue weighted by molar-refractivity contribution is 5.32. The molecule has 1 saturated heterocycles. The number of hydrogen-bond donors (Lipinski definition) is 2. The lowest BCUT2D eigenvalue weighted by atomic mass is 9.98. The highest BCUT2D eigenvalue weighted by Gasteiger charge is 2.16. The maximum Gasteiger partial charge on any atom is 0.0297 e. The van der Waals surface area contributed by atoms with Crippen molar-refractivity contribution in [1.82, 2.24) is 10.6 Å². The van der Waals surface area contributed by atoms with Gasteiger partial charge in [0.1, 0.15) is 0 Å². The first-order chi connectivity index (χ1) is 8.16. The Morgan fingerprint density at radius 1 is 1.24 bits per heavy atom. The summed E-state index contributed by atoms with van der Waals surface area (Å²) in [7, 11) is 0. The second-order valence-corrected chi connectivity index (χ2v) is 5.27. The number of piperidine rings is 1. The topological polar surface area (TPSA) is 24.1 Å². The van der Waals surface area contributed by atoms with Crippen LogP contribution in [0.4, 0.5) is 0 Å². The summed E-state index contributed by atoms with van der Waals surface area (Å²) in [6.07, 6.45) is 2.49. The van der Waals surface area contributed by atoms with Crippen molar-refractivity contribution in [2.75, 3.05) is 13.1 Å². The predicted molar refractivity (Wildman–Crippen MR) is 73.4 cm³/mol. The zero-order valence-electron chi connectivity index (χ0n) is 11.2. The van der Waals surface area contributed by atoms with Crippen LogP contribution in [0.3, 0.4) is 0 Å². The van der Waals surface area contributed by atoms with Crippen molar-refractivity contribution < 1.29 is 0 Å². The minimum atomic E-state index is 0.456. The maximum atomic E-state index is 3.76. The van der Waals surface area contributed by atoms with Crippen LogP contribution in [0.1, 0.15) is 42.5 Å². The number of benzene rings is 1. The first-order valence-electron chi connectivity index (χ1n) is 6.71. The first-order valence-corrected chi connectivity index (χ1v) is 6.71. The van der Waals surface area contributed by atoms with Crippen LogP contribution in [0, 0.1) is 13.8 Å². The lowest BCUT2D eigenvalue weighted by Crippen LogP contribution is -2.41. The number of nitrogens with one attached hydrogen (secondary N) is 2. The summed E-state index contributed by atoms with van der Waals surface area (Å²) in [5.41, 5.74) is 4.19. The Hall–Kier alpha value is -0.860. The van der Waals surface area contributed by atoms with Gasteiger partial charge in [0.25, 0.3) is 0 Å². The van der Waals surface area contributed by atoms with Crippen molar-refractivity contribution in [2.24, 2.45) is 0 Å². The van der Waals surface area contributed by atoms with E-state index in [0.717, 1.165) is 13.1 Å². The molecule has 2 N–H and O–H groups in total. The molecule has 2 rings (SSSR count). The summed E-state index contributed by atoms with van der Waals surface area (Å²) < 4.78 is 0. The average molecular weight is 232 g/mol. The maximum absolute atomic E-state index is 3.76. The smallest absolute Gasteiger partial charge is 0.0297 e. The minimum Gasteiger partial charge on any atom is -0.317 e. The van der Waals surface area contributed by atoms with Crippen LogP contribution in [0.5, 0.6) is 0 Å². The molecule has 1 fully saturated rings. The molecule has 0 saturated carbocycles. The van der Waals surface area contributed by atoms with E-state index >= 15 is 0 Å². The van der Waals surface area contributed by atoms with Crippen molar-refractivity contribution in [3.05, 3.63) is 34.9 Å². The van der Waals surface area contributed by atoms with Crippen LogP contribution in [0.2, 0.25) is 0 Å². The van der Waals surface area contributed by atoms with E-state index in [0.29, 0.717) is 12.1 Å². The second kappa shape index (κ2) is 5.65. The fourth-order valence-corrected chi connectivity index (χ4v) is 2.66. The molecule has 94 valence electrons. The molecule has 2 heteroatoms. The molecule has 0 amide bonds. The Morgan fingerprint density at radius 2 is 1.94 bits per heavy atom. The van der Waals surface area contributed by atoms with Crippen LogP contribution in [-0.2, 0) is 0 Å². The van der Waals surface area contributed by atoms with Gasteiger partial charge in [-0.3, -0.25) is 0 Å². The normalized spacial score (nSPS) is 19.2. The molecule has 1 aliphatic rings. The SMILES string of the molecule is Cc1ccc(C)c(C(C)NC2CCNCC2)c1. The van der Waals surface area contributed by atoms with Gasteiger partial charge in [-0.15, -0.1) is 0 Å². The van der Waals surface area contributed by atoms with Crippen molar-refractivity contribution in [2.45, 2.75) is 45.7 Å². The van der Waals surface area contributed by atoms with Crippen molar-refractivity contribution >= 4 is 0 Å². The fourth-order valence-electron chi connectivity index (χ4n) is 2.66. The van der Waals surface area contributed by atoms with E-state index < -0.39 is 0 Å². The summed E-state index contributed by atoms with van der Waals surface area (Å²) in [5.74, 6) is 0. The van der Waals surface area contributed by atoms with E-state index in [1.54, 1.807) is 0 Å². The lowest BCUT2D eigenvalue weighted by molar-refractivity contribution is 0.359. The van der Waals surface area contributed by atoms with E-state index in [4.69, 9.17) is 0 Å². The predicted octanol–water partition coefficient (Wildman–Crippen LogP) is 2.71. The number of rotatable bonds is 3. The highest BCUT2D eigenvalue weighted by atomic mass is 15.0. The molecule has 1 heterocycles. The zero-order chi connectivity index (χ0) is 12.3. The van der Waals surface area contributed by atoms with Crippen molar-refractivity contribution in [3.8, 4) is 0 Å². The molecule has 1 unspecified atom stereocenters. The summed E-state index contributed by atoms with van der Waals surface area (Å²) in [5, 5.41) is 7.17. The molecular formula is C15H24N2. The van der Waals surface area contributed by atoms with Crippen molar-refractivity contribution in [3.63, 3.8) is 0 Å². The third kappa shape index (κ3) is 3.30. The van der Waals surface area contributed by atoms with Crippen LogP contribution >= 0.6 is 0 Å². The molecule has 0 spiro atoms. The lowest BCUT2D eigenvalue weighted by Gasteiger charge is -2.28. The van der Waals surface area contributed by atoms with Gasteiger partial charge in [0, 0.05) is 12.1 Å². The van der Waals surface area contributed by atoms with Crippen molar-refractivity contribution in [1.29, 1.82) is 0 Å². The molecule has 17 heavy (non-hydrogen) atoms. The Balaban J connectivity index is 2.02. The van der Waals surface area contributed by atoms with E-state index in [2.05, 4.69) is 49.6 Å². The van der Waals surface area contributed by atoms with E-state index in [-0.39, 0.29) is 0 Å². The Kier molecular flexibility index (Phi) is 4.19. The molecule has 1 aliphatic heterocycles. The molecule has 0 bridgehead atoms. The summed E-state index contributed by atoms with van der Waals surface area (Å²) in [6, 6.07) is 7.86. The molecule has 1 atom stereocenters. The third-order valence-electron chi connectivity index (χ3n) is 3.73. The minimum absolute atomic E-state index is 0.456. The largest absolute Gasteiger partial charge is 0.317 e. The quantitative estimate of drug-likeness (QED) is 0.837. The summed E-state index contributed by atoms with van der Waals surface area (Å²) >= 11 is 0. The molecule has 0 aromatic heterocycles. The van der Waals surface area contributed by atoms with E-state index in [1.165, 1.54) is 29.5 Å². The Labute approximate surface area is 105 Å². The van der Waals surface area contributed by atoms with Gasteiger partial charge in [0.05, 0.1) is 0 Å². The van der Waals surface area contributed by atoms with Gasteiger partial charge in [-0.05, 0) is 57.8 Å². The van der Waals surface area contributed by atoms with Crippen LogP contribution < -0.4 is 10.6 Å². The van der Waals surface area contributed by atoms with Crippen LogP contribution in [0.15, 0.2) is 18.2 Å². The Morgan fingerprint density at radius 3 is 2.65 bits per heavy atom. The van der Waals surface area contributed by atoms with Gasteiger partial charge >= 0.3 is 0 Å². The summed E-state index contributed by atoms with van der Waals surface area (Å²) in [4.78, 5) is 0. The monoisotopic (exact) mass is 232 g/mol. The number of aryl methyl sites for hydroxylation is 2. The highest BCUT2D eigenvalue weighted by Crippen LogP contribution is 2.20. The molecule has 1 aromatic rings. The zero-order valence-corrected chi connectivity index (χ0v) is 11.2. The van der Waals surface area contributed by atoms with E-state index in [9.17, 15) is 0 Å². The molecular weight excluding hydrogens is 208 g/mol. The van der Waals surface area contributed by atoms with Gasteiger partial charge in [-0.1, -0.05) is 23.8 Å². The second-order valence-electron chi connectivity index (χ2n) is 5.27. The fraction of sp³-hybridized carbons (Fsp3) is 0.600. The van der Waals surface area contributed by atoms with E-state index in [1.807, 2.05) is 0 Å². The van der Waals surface area contributed by atoms with Gasteiger partial charge in [0.15, 0.2) is 0 Å². The molecule has 1 aromatic carbocycles.